The molecule has 0 spiro atoms. The van der Waals surface area contributed by atoms with Crippen molar-refractivity contribution in [3.05, 3.63) is 47.0 Å². The summed E-state index contributed by atoms with van der Waals surface area (Å²) in [7, 11) is 1.68. The summed E-state index contributed by atoms with van der Waals surface area (Å²) >= 11 is 0. The smallest absolute Gasteiger partial charge is 0.231 e. The molecule has 1 atom stereocenters. The van der Waals surface area contributed by atoms with E-state index in [1.165, 1.54) is 11.1 Å². The average molecular weight is 314 g/mol. The fraction of sp³-hybridized carbons (Fsp3) is 0.368. The molecule has 0 N–H and O–H groups in total. The Balaban J connectivity index is 1.98. The Labute approximate surface area is 136 Å². The van der Waals surface area contributed by atoms with Crippen LogP contribution in [-0.2, 0) is 0 Å². The molecule has 0 bridgehead atoms. The lowest BCUT2D eigenvalue weighted by Gasteiger charge is -2.19. The molecule has 0 saturated carbocycles. The SMILES string of the molecule is CCOc1ccc([C@@H](C)c2cc3c(cc2OC)OCO3)c(C)c1. The molecule has 1 heterocycles. The predicted molar refractivity (Wildman–Crippen MR) is 89.0 cm³/mol. The van der Waals surface area contributed by atoms with Crippen LogP contribution >= 0.6 is 0 Å². The van der Waals surface area contributed by atoms with E-state index in [1.54, 1.807) is 7.11 Å². The molecule has 0 saturated heterocycles. The van der Waals surface area contributed by atoms with Crippen LogP contribution in [0.3, 0.4) is 0 Å². The van der Waals surface area contributed by atoms with E-state index in [0.29, 0.717) is 6.61 Å². The zero-order valence-corrected chi connectivity index (χ0v) is 14.0. The summed E-state index contributed by atoms with van der Waals surface area (Å²) in [4.78, 5) is 0. The third-order valence-electron chi connectivity index (χ3n) is 4.21. The van der Waals surface area contributed by atoms with Crippen molar-refractivity contribution in [1.82, 2.24) is 0 Å². The van der Waals surface area contributed by atoms with Crippen molar-refractivity contribution in [1.29, 1.82) is 0 Å². The van der Waals surface area contributed by atoms with Gasteiger partial charge in [0.15, 0.2) is 11.5 Å². The maximum absolute atomic E-state index is 5.57. The van der Waals surface area contributed by atoms with Gasteiger partial charge in [0.2, 0.25) is 6.79 Å². The number of fused-ring (bicyclic) bond motifs is 1. The fourth-order valence-electron chi connectivity index (χ4n) is 3.01. The highest BCUT2D eigenvalue weighted by molar-refractivity contribution is 5.55. The van der Waals surface area contributed by atoms with Gasteiger partial charge in [-0.2, -0.15) is 0 Å². The number of benzene rings is 2. The van der Waals surface area contributed by atoms with E-state index in [9.17, 15) is 0 Å². The van der Waals surface area contributed by atoms with Crippen LogP contribution in [0.5, 0.6) is 23.0 Å². The first-order chi connectivity index (χ1) is 11.1. The summed E-state index contributed by atoms with van der Waals surface area (Å²) in [5, 5.41) is 0. The van der Waals surface area contributed by atoms with Crippen LogP contribution in [0.4, 0.5) is 0 Å². The molecular formula is C19H22O4. The molecule has 0 radical (unpaired) electrons. The van der Waals surface area contributed by atoms with Gasteiger partial charge in [-0.25, -0.2) is 0 Å². The lowest BCUT2D eigenvalue weighted by molar-refractivity contribution is 0.174. The van der Waals surface area contributed by atoms with E-state index in [-0.39, 0.29) is 12.7 Å². The van der Waals surface area contributed by atoms with Gasteiger partial charge in [0.05, 0.1) is 13.7 Å². The molecule has 0 fully saturated rings. The monoisotopic (exact) mass is 314 g/mol. The maximum Gasteiger partial charge on any atom is 0.231 e. The summed E-state index contributed by atoms with van der Waals surface area (Å²) < 4.78 is 22.1. The van der Waals surface area contributed by atoms with Crippen molar-refractivity contribution >= 4 is 0 Å². The molecule has 0 aliphatic carbocycles. The van der Waals surface area contributed by atoms with Crippen LogP contribution in [-0.4, -0.2) is 20.5 Å². The van der Waals surface area contributed by atoms with Crippen LogP contribution in [0.25, 0.3) is 0 Å². The number of aryl methyl sites for hydroxylation is 1. The molecular weight excluding hydrogens is 292 g/mol. The fourth-order valence-corrected chi connectivity index (χ4v) is 3.01. The van der Waals surface area contributed by atoms with Gasteiger partial charge in [-0.15, -0.1) is 0 Å². The molecule has 0 amide bonds. The Morgan fingerprint density at radius 2 is 1.83 bits per heavy atom. The van der Waals surface area contributed by atoms with Crippen LogP contribution in [0.15, 0.2) is 30.3 Å². The largest absolute Gasteiger partial charge is 0.496 e. The van der Waals surface area contributed by atoms with E-state index in [2.05, 4.69) is 26.0 Å². The van der Waals surface area contributed by atoms with Gasteiger partial charge in [0, 0.05) is 17.5 Å². The van der Waals surface area contributed by atoms with E-state index in [4.69, 9.17) is 18.9 Å². The normalized spacial score (nSPS) is 13.7. The second kappa shape index (κ2) is 6.41. The minimum absolute atomic E-state index is 0.176. The third kappa shape index (κ3) is 2.93. The second-order valence-electron chi connectivity index (χ2n) is 5.62. The van der Waals surface area contributed by atoms with Crippen molar-refractivity contribution in [2.45, 2.75) is 26.7 Å². The van der Waals surface area contributed by atoms with Crippen molar-refractivity contribution < 1.29 is 18.9 Å². The van der Waals surface area contributed by atoms with Crippen molar-refractivity contribution in [3.63, 3.8) is 0 Å². The highest BCUT2D eigenvalue weighted by Gasteiger charge is 2.22. The number of hydrogen-bond donors (Lipinski definition) is 0. The molecule has 122 valence electrons. The maximum atomic E-state index is 5.57. The van der Waals surface area contributed by atoms with E-state index in [1.807, 2.05) is 25.1 Å². The topological polar surface area (TPSA) is 36.9 Å². The van der Waals surface area contributed by atoms with E-state index < -0.39 is 0 Å². The Bertz CT molecular complexity index is 709. The predicted octanol–water partition coefficient (Wildman–Crippen LogP) is 4.28. The summed E-state index contributed by atoms with van der Waals surface area (Å²) in [6.45, 7) is 7.20. The summed E-state index contributed by atoms with van der Waals surface area (Å²) in [5.74, 6) is 3.40. The van der Waals surface area contributed by atoms with Crippen LogP contribution in [0.1, 0.15) is 36.5 Å². The number of methoxy groups -OCH3 is 1. The number of ether oxygens (including phenoxy) is 4. The zero-order valence-electron chi connectivity index (χ0n) is 14.0. The van der Waals surface area contributed by atoms with Crippen LogP contribution < -0.4 is 18.9 Å². The lowest BCUT2D eigenvalue weighted by Crippen LogP contribution is -2.02. The summed E-state index contributed by atoms with van der Waals surface area (Å²) in [6.07, 6.45) is 0. The molecule has 2 aromatic carbocycles. The molecule has 23 heavy (non-hydrogen) atoms. The van der Waals surface area contributed by atoms with Crippen LogP contribution in [0, 0.1) is 6.92 Å². The van der Waals surface area contributed by atoms with Crippen molar-refractivity contribution in [2.24, 2.45) is 0 Å². The zero-order chi connectivity index (χ0) is 16.4. The highest BCUT2D eigenvalue weighted by Crippen LogP contribution is 2.43. The molecule has 1 aliphatic heterocycles. The van der Waals surface area contributed by atoms with Gasteiger partial charge in [0.1, 0.15) is 11.5 Å². The quantitative estimate of drug-likeness (QED) is 0.825. The lowest BCUT2D eigenvalue weighted by atomic mass is 9.89. The minimum atomic E-state index is 0.176. The molecule has 2 aromatic rings. The molecule has 4 nitrogen and oxygen atoms in total. The highest BCUT2D eigenvalue weighted by atomic mass is 16.7. The van der Waals surface area contributed by atoms with E-state index >= 15 is 0 Å². The summed E-state index contributed by atoms with van der Waals surface area (Å²) in [5.41, 5.74) is 3.53. The van der Waals surface area contributed by atoms with Gasteiger partial charge < -0.3 is 18.9 Å². The molecule has 0 aromatic heterocycles. The number of rotatable bonds is 5. The van der Waals surface area contributed by atoms with E-state index in [0.717, 1.165) is 28.6 Å². The van der Waals surface area contributed by atoms with Gasteiger partial charge in [0.25, 0.3) is 0 Å². The van der Waals surface area contributed by atoms with Gasteiger partial charge in [-0.3, -0.25) is 0 Å². The summed E-state index contributed by atoms with van der Waals surface area (Å²) in [6, 6.07) is 10.1. The Morgan fingerprint density at radius 1 is 1.09 bits per heavy atom. The van der Waals surface area contributed by atoms with Crippen molar-refractivity contribution in [3.8, 4) is 23.0 Å². The Hall–Kier alpha value is -2.36. The first kappa shape index (κ1) is 15.5. The molecule has 4 heteroatoms. The van der Waals surface area contributed by atoms with Gasteiger partial charge in [-0.05, 0) is 43.2 Å². The van der Waals surface area contributed by atoms with Gasteiger partial charge >= 0.3 is 0 Å². The van der Waals surface area contributed by atoms with Crippen molar-refractivity contribution in [2.75, 3.05) is 20.5 Å². The first-order valence-corrected chi connectivity index (χ1v) is 7.85. The average Bonchev–Trinajstić information content (AvgIpc) is 3.00. The third-order valence-corrected chi connectivity index (χ3v) is 4.21. The Morgan fingerprint density at radius 3 is 2.48 bits per heavy atom. The first-order valence-electron chi connectivity index (χ1n) is 7.85. The van der Waals surface area contributed by atoms with Gasteiger partial charge in [-0.1, -0.05) is 13.0 Å². The molecule has 3 rings (SSSR count). The minimum Gasteiger partial charge on any atom is -0.496 e. The number of hydrogen-bond acceptors (Lipinski definition) is 4. The Kier molecular flexibility index (Phi) is 4.33. The van der Waals surface area contributed by atoms with Crippen LogP contribution in [0.2, 0.25) is 0 Å². The second-order valence-corrected chi connectivity index (χ2v) is 5.62. The molecule has 0 unspecified atom stereocenters. The molecule has 1 aliphatic rings. The standard InChI is InChI=1S/C19H22O4/c1-5-21-14-6-7-15(12(2)8-14)13(3)16-9-18-19(23-11-22-18)10-17(16)20-4/h6-10,13H,5,11H2,1-4H3/t13-/m1/s1.